The molecule has 0 spiro atoms. The molecule has 0 saturated heterocycles. The molecule has 0 unspecified atom stereocenters. The fourth-order valence-electron chi connectivity index (χ4n) is 2.73. The Bertz CT molecular complexity index is 804. The molecule has 0 radical (unpaired) electrons. The Morgan fingerprint density at radius 1 is 1.17 bits per heavy atom. The molecule has 0 amide bonds. The molecule has 0 bridgehead atoms. The number of rotatable bonds is 7. The van der Waals surface area contributed by atoms with Gasteiger partial charge in [-0.05, 0) is 30.0 Å². The maximum absolute atomic E-state index is 12.6. The van der Waals surface area contributed by atoms with Crippen LogP contribution in [0.1, 0.15) is 37.7 Å². The fourth-order valence-corrected chi connectivity index (χ4v) is 2.73. The molecular formula is C18H23N5O. The number of hydrogen-bond donors (Lipinski definition) is 2. The first-order valence-electron chi connectivity index (χ1n) is 8.19. The van der Waals surface area contributed by atoms with Crippen molar-refractivity contribution in [3.8, 4) is 18.0 Å². The average Bonchev–Trinajstić information content (AvgIpc) is 2.60. The summed E-state index contributed by atoms with van der Waals surface area (Å²) in [4.78, 5) is 21.1. The zero-order chi connectivity index (χ0) is 17.5. The lowest BCUT2D eigenvalue weighted by atomic mass is 10.0. The maximum Gasteiger partial charge on any atom is 0.356 e. The fraction of sp³-hybridized carbons (Fsp3) is 0.389. The van der Waals surface area contributed by atoms with Gasteiger partial charge in [0.05, 0.1) is 12.2 Å². The molecule has 0 aliphatic rings. The van der Waals surface area contributed by atoms with Crippen molar-refractivity contribution in [2.45, 2.75) is 40.0 Å². The topological polar surface area (TPSA) is 71.8 Å². The van der Waals surface area contributed by atoms with E-state index in [1.807, 2.05) is 19.1 Å². The molecule has 126 valence electrons. The Labute approximate surface area is 142 Å². The Morgan fingerprint density at radius 2 is 1.96 bits per heavy atom. The molecule has 0 aliphatic carbocycles. The van der Waals surface area contributed by atoms with Crippen LogP contribution in [-0.2, 0) is 19.3 Å². The van der Waals surface area contributed by atoms with Gasteiger partial charge in [0.15, 0.2) is 0 Å². The van der Waals surface area contributed by atoms with Crippen LogP contribution in [0, 0.1) is 12.3 Å². The minimum Gasteiger partial charge on any atom is -0.289 e. The highest BCUT2D eigenvalue weighted by Crippen LogP contribution is 2.20. The van der Waals surface area contributed by atoms with Gasteiger partial charge in [-0.3, -0.25) is 5.43 Å². The summed E-state index contributed by atoms with van der Waals surface area (Å²) in [5, 5.41) is 0. The molecule has 1 aromatic heterocycles. The molecule has 0 atom stereocenters. The maximum atomic E-state index is 12.6. The Hall–Kier alpha value is -2.65. The molecular weight excluding hydrogens is 302 g/mol. The highest BCUT2D eigenvalue weighted by Gasteiger charge is 2.14. The number of terminal acetylenes is 1. The standard InChI is InChI=1S/C18H23N5O/c1-5-12-19-22-17-20-16(8-4)23(18(24)21-17)15-11-9-10-13(6-2)14(15)7-3/h1,9-11,19H,6-8,12H2,2-4H3,(H,21,22,24). The molecule has 24 heavy (non-hydrogen) atoms. The molecule has 6 nitrogen and oxygen atoms in total. The van der Waals surface area contributed by atoms with E-state index in [2.05, 4.69) is 46.7 Å². The van der Waals surface area contributed by atoms with Crippen molar-refractivity contribution in [2.24, 2.45) is 0 Å². The van der Waals surface area contributed by atoms with Gasteiger partial charge in [0.25, 0.3) is 0 Å². The van der Waals surface area contributed by atoms with Crippen LogP contribution < -0.4 is 16.5 Å². The quantitative estimate of drug-likeness (QED) is 0.462. The molecule has 0 saturated carbocycles. The zero-order valence-corrected chi connectivity index (χ0v) is 14.4. The van der Waals surface area contributed by atoms with Gasteiger partial charge in [0, 0.05) is 6.42 Å². The van der Waals surface area contributed by atoms with E-state index in [-0.39, 0.29) is 11.6 Å². The lowest BCUT2D eigenvalue weighted by Gasteiger charge is -2.17. The minimum absolute atomic E-state index is 0.230. The van der Waals surface area contributed by atoms with Gasteiger partial charge in [-0.15, -0.1) is 6.42 Å². The lowest BCUT2D eigenvalue weighted by molar-refractivity contribution is 0.749. The summed E-state index contributed by atoms with van der Waals surface area (Å²) in [5.41, 5.74) is 8.44. The molecule has 6 heteroatoms. The van der Waals surface area contributed by atoms with E-state index in [1.54, 1.807) is 4.57 Å². The van der Waals surface area contributed by atoms with E-state index < -0.39 is 0 Å². The van der Waals surface area contributed by atoms with E-state index in [0.717, 1.165) is 24.1 Å². The number of benzene rings is 1. The number of nitrogens with zero attached hydrogens (tertiary/aromatic N) is 3. The van der Waals surface area contributed by atoms with E-state index >= 15 is 0 Å². The van der Waals surface area contributed by atoms with Crippen molar-refractivity contribution < 1.29 is 0 Å². The largest absolute Gasteiger partial charge is 0.356 e. The number of nitrogens with one attached hydrogen (secondary N) is 2. The first kappa shape index (κ1) is 17.7. The highest BCUT2D eigenvalue weighted by atomic mass is 16.1. The van der Waals surface area contributed by atoms with Gasteiger partial charge in [0.2, 0.25) is 5.95 Å². The summed E-state index contributed by atoms with van der Waals surface area (Å²) >= 11 is 0. The molecule has 2 rings (SSSR count). The second-order valence-electron chi connectivity index (χ2n) is 5.24. The van der Waals surface area contributed by atoms with Gasteiger partial charge >= 0.3 is 5.69 Å². The monoisotopic (exact) mass is 325 g/mol. The van der Waals surface area contributed by atoms with Crippen LogP contribution in [0.4, 0.5) is 5.95 Å². The molecule has 0 aliphatic heterocycles. The van der Waals surface area contributed by atoms with Gasteiger partial charge in [-0.25, -0.2) is 14.8 Å². The average molecular weight is 325 g/mol. The molecule has 2 N–H and O–H groups in total. The summed E-state index contributed by atoms with van der Waals surface area (Å²) < 4.78 is 1.60. The summed E-state index contributed by atoms with van der Waals surface area (Å²) in [6.07, 6.45) is 7.56. The van der Waals surface area contributed by atoms with Gasteiger partial charge in [-0.2, -0.15) is 9.97 Å². The van der Waals surface area contributed by atoms with E-state index in [1.165, 1.54) is 5.56 Å². The van der Waals surface area contributed by atoms with Crippen molar-refractivity contribution in [1.29, 1.82) is 0 Å². The van der Waals surface area contributed by atoms with Crippen molar-refractivity contribution in [2.75, 3.05) is 12.0 Å². The lowest BCUT2D eigenvalue weighted by Crippen LogP contribution is -2.31. The Balaban J connectivity index is 2.56. The predicted octanol–water partition coefficient (Wildman–Crippen LogP) is 1.86. The first-order valence-corrected chi connectivity index (χ1v) is 8.19. The van der Waals surface area contributed by atoms with Gasteiger partial charge in [-0.1, -0.05) is 38.8 Å². The number of aromatic nitrogens is 3. The number of anilines is 1. The number of aryl methyl sites for hydroxylation is 2. The smallest absolute Gasteiger partial charge is 0.289 e. The SMILES string of the molecule is C#CCNNc1nc(CC)n(-c2cccc(CC)c2CC)c(=O)n1. The van der Waals surface area contributed by atoms with Crippen LogP contribution in [0.25, 0.3) is 5.69 Å². The van der Waals surface area contributed by atoms with Gasteiger partial charge in [0.1, 0.15) is 5.82 Å². The number of hydrogen-bond acceptors (Lipinski definition) is 5. The highest BCUT2D eigenvalue weighted by molar-refractivity contribution is 5.47. The summed E-state index contributed by atoms with van der Waals surface area (Å²) in [7, 11) is 0. The van der Waals surface area contributed by atoms with E-state index in [0.29, 0.717) is 18.8 Å². The zero-order valence-electron chi connectivity index (χ0n) is 14.4. The van der Waals surface area contributed by atoms with Gasteiger partial charge < -0.3 is 0 Å². The van der Waals surface area contributed by atoms with Crippen LogP contribution in [0.3, 0.4) is 0 Å². The summed E-state index contributed by atoms with van der Waals surface area (Å²) in [6.45, 7) is 6.48. The third kappa shape index (κ3) is 3.63. The second-order valence-corrected chi connectivity index (χ2v) is 5.24. The van der Waals surface area contributed by atoms with Crippen LogP contribution in [0.5, 0.6) is 0 Å². The molecule has 0 fully saturated rings. The van der Waals surface area contributed by atoms with Crippen molar-refractivity contribution in [3.05, 3.63) is 45.6 Å². The normalized spacial score (nSPS) is 10.4. The van der Waals surface area contributed by atoms with Crippen molar-refractivity contribution in [1.82, 2.24) is 20.0 Å². The minimum atomic E-state index is -0.352. The van der Waals surface area contributed by atoms with Crippen molar-refractivity contribution >= 4 is 5.95 Å². The van der Waals surface area contributed by atoms with E-state index in [4.69, 9.17) is 6.42 Å². The van der Waals surface area contributed by atoms with E-state index in [9.17, 15) is 4.79 Å². The third-order valence-corrected chi connectivity index (χ3v) is 3.82. The van der Waals surface area contributed by atoms with Crippen LogP contribution in [0.2, 0.25) is 0 Å². The summed E-state index contributed by atoms with van der Waals surface area (Å²) in [5.74, 6) is 3.32. The van der Waals surface area contributed by atoms with Crippen LogP contribution in [0.15, 0.2) is 23.0 Å². The second kappa shape index (κ2) is 8.27. The molecule has 1 heterocycles. The molecule has 2 aromatic rings. The van der Waals surface area contributed by atoms with Crippen LogP contribution in [-0.4, -0.2) is 21.1 Å². The molecule has 1 aromatic carbocycles. The van der Waals surface area contributed by atoms with Crippen molar-refractivity contribution in [3.63, 3.8) is 0 Å². The number of hydrazine groups is 1. The van der Waals surface area contributed by atoms with Crippen LogP contribution >= 0.6 is 0 Å². The third-order valence-electron chi connectivity index (χ3n) is 3.82. The Morgan fingerprint density at radius 3 is 2.58 bits per heavy atom. The first-order chi connectivity index (χ1) is 11.7. The Kier molecular flexibility index (Phi) is 6.10. The summed E-state index contributed by atoms with van der Waals surface area (Å²) in [6, 6.07) is 6.02. The predicted molar refractivity (Wildman–Crippen MR) is 96.2 cm³/mol.